The van der Waals surface area contributed by atoms with Crippen LogP contribution in [0.4, 0.5) is 0 Å². The first-order valence-corrected chi connectivity index (χ1v) is 7.48. The number of likely N-dealkylation sites (tertiary alicyclic amines) is 1. The molecule has 1 fully saturated rings. The van der Waals surface area contributed by atoms with E-state index in [1.165, 1.54) is 12.8 Å². The standard InChI is InChI=1S/C15H26N4O/c1-12(2)10-17-15(16)18-11-13(14-6-5-9-20-14)19-7-3-4-8-19/h5-6,9,12-13H,3-4,7-8,10-11H2,1-2H3,(H3,16,17,18). The third kappa shape index (κ3) is 4.27. The Hall–Kier alpha value is -1.49. The van der Waals surface area contributed by atoms with Gasteiger partial charge >= 0.3 is 0 Å². The van der Waals surface area contributed by atoms with E-state index in [4.69, 9.17) is 10.2 Å². The van der Waals surface area contributed by atoms with Gasteiger partial charge in [0, 0.05) is 13.1 Å². The average molecular weight is 278 g/mol. The molecule has 5 nitrogen and oxygen atoms in total. The number of hydrogen-bond acceptors (Lipinski definition) is 3. The minimum atomic E-state index is 0.236. The smallest absolute Gasteiger partial charge is 0.188 e. The zero-order valence-electron chi connectivity index (χ0n) is 12.5. The summed E-state index contributed by atoms with van der Waals surface area (Å²) in [5.41, 5.74) is 5.91. The van der Waals surface area contributed by atoms with Gasteiger partial charge in [0.05, 0.1) is 12.3 Å². The minimum Gasteiger partial charge on any atom is -0.468 e. The lowest BCUT2D eigenvalue weighted by Crippen LogP contribution is -2.40. The van der Waals surface area contributed by atoms with Crippen molar-refractivity contribution in [1.82, 2.24) is 10.2 Å². The molecular formula is C15H26N4O. The summed E-state index contributed by atoms with van der Waals surface area (Å²) in [6, 6.07) is 4.21. The summed E-state index contributed by atoms with van der Waals surface area (Å²) in [4.78, 5) is 6.78. The SMILES string of the molecule is CC(C)CN=C(N)NCC(c1ccco1)N1CCCC1. The van der Waals surface area contributed by atoms with E-state index in [1.807, 2.05) is 12.1 Å². The van der Waals surface area contributed by atoms with Gasteiger partial charge in [-0.3, -0.25) is 9.89 Å². The van der Waals surface area contributed by atoms with E-state index in [1.54, 1.807) is 6.26 Å². The fourth-order valence-electron chi connectivity index (χ4n) is 2.48. The van der Waals surface area contributed by atoms with Crippen molar-refractivity contribution in [2.45, 2.75) is 32.7 Å². The van der Waals surface area contributed by atoms with Crippen LogP contribution >= 0.6 is 0 Å². The van der Waals surface area contributed by atoms with Gasteiger partial charge in [0.2, 0.25) is 0 Å². The van der Waals surface area contributed by atoms with Crippen LogP contribution in [0.15, 0.2) is 27.8 Å². The van der Waals surface area contributed by atoms with Gasteiger partial charge in [-0.2, -0.15) is 0 Å². The van der Waals surface area contributed by atoms with Crippen LogP contribution in [0.2, 0.25) is 0 Å². The first-order chi connectivity index (χ1) is 9.66. The van der Waals surface area contributed by atoms with Crippen molar-refractivity contribution in [1.29, 1.82) is 0 Å². The molecular weight excluding hydrogens is 252 g/mol. The fourth-order valence-corrected chi connectivity index (χ4v) is 2.48. The molecule has 0 bridgehead atoms. The number of furan rings is 1. The molecule has 0 aliphatic carbocycles. The largest absolute Gasteiger partial charge is 0.468 e. The first kappa shape index (κ1) is 14.9. The van der Waals surface area contributed by atoms with Gasteiger partial charge in [0.25, 0.3) is 0 Å². The summed E-state index contributed by atoms with van der Waals surface area (Å²) in [5, 5.41) is 3.23. The molecule has 2 rings (SSSR count). The van der Waals surface area contributed by atoms with Gasteiger partial charge < -0.3 is 15.5 Å². The van der Waals surface area contributed by atoms with Gasteiger partial charge in [-0.25, -0.2) is 0 Å². The average Bonchev–Trinajstić information content (AvgIpc) is 3.09. The van der Waals surface area contributed by atoms with Crippen molar-refractivity contribution in [3.63, 3.8) is 0 Å². The molecule has 1 aromatic rings. The van der Waals surface area contributed by atoms with E-state index in [9.17, 15) is 0 Å². The lowest BCUT2D eigenvalue weighted by Gasteiger charge is -2.26. The highest BCUT2D eigenvalue weighted by atomic mass is 16.3. The van der Waals surface area contributed by atoms with Gasteiger partial charge in [-0.05, 0) is 44.0 Å². The van der Waals surface area contributed by atoms with Crippen molar-refractivity contribution in [2.24, 2.45) is 16.6 Å². The highest BCUT2D eigenvalue weighted by Crippen LogP contribution is 2.24. The number of nitrogens with one attached hydrogen (secondary N) is 1. The molecule has 1 atom stereocenters. The molecule has 1 aromatic heterocycles. The van der Waals surface area contributed by atoms with Gasteiger partial charge in [0.15, 0.2) is 5.96 Å². The van der Waals surface area contributed by atoms with Crippen LogP contribution in [0.5, 0.6) is 0 Å². The zero-order chi connectivity index (χ0) is 14.4. The molecule has 1 aliphatic rings. The molecule has 1 unspecified atom stereocenters. The summed E-state index contributed by atoms with van der Waals surface area (Å²) in [7, 11) is 0. The predicted molar refractivity (Wildman–Crippen MR) is 81.6 cm³/mol. The van der Waals surface area contributed by atoms with E-state index in [2.05, 4.69) is 29.1 Å². The van der Waals surface area contributed by atoms with Crippen molar-refractivity contribution in [3.8, 4) is 0 Å². The van der Waals surface area contributed by atoms with Crippen LogP contribution in [0.25, 0.3) is 0 Å². The molecule has 2 heterocycles. The summed E-state index contributed by atoms with van der Waals surface area (Å²) in [6.45, 7) is 8.00. The van der Waals surface area contributed by atoms with Crippen molar-refractivity contribution >= 4 is 5.96 Å². The number of guanidine groups is 1. The van der Waals surface area contributed by atoms with Crippen LogP contribution in [0.3, 0.4) is 0 Å². The second kappa shape index (κ2) is 7.33. The molecule has 0 amide bonds. The molecule has 1 aliphatic heterocycles. The van der Waals surface area contributed by atoms with E-state index in [0.717, 1.165) is 31.9 Å². The second-order valence-corrected chi connectivity index (χ2v) is 5.77. The molecule has 5 heteroatoms. The maximum Gasteiger partial charge on any atom is 0.188 e. The number of nitrogens with zero attached hydrogens (tertiary/aromatic N) is 2. The minimum absolute atomic E-state index is 0.236. The lowest BCUT2D eigenvalue weighted by molar-refractivity contribution is 0.215. The highest BCUT2D eigenvalue weighted by molar-refractivity contribution is 5.77. The van der Waals surface area contributed by atoms with Gasteiger partial charge in [-0.1, -0.05) is 13.8 Å². The zero-order valence-corrected chi connectivity index (χ0v) is 12.5. The maximum absolute atomic E-state index is 5.91. The van der Waals surface area contributed by atoms with Crippen molar-refractivity contribution in [3.05, 3.63) is 24.2 Å². The Morgan fingerprint density at radius 3 is 2.80 bits per heavy atom. The quantitative estimate of drug-likeness (QED) is 0.617. The Bertz CT molecular complexity index is 408. The van der Waals surface area contributed by atoms with Crippen LogP contribution < -0.4 is 11.1 Å². The van der Waals surface area contributed by atoms with Crippen molar-refractivity contribution < 1.29 is 4.42 Å². The third-order valence-corrected chi connectivity index (χ3v) is 3.56. The Kier molecular flexibility index (Phi) is 5.47. The Morgan fingerprint density at radius 1 is 1.45 bits per heavy atom. The lowest BCUT2D eigenvalue weighted by atomic mass is 10.2. The molecule has 0 spiro atoms. The highest BCUT2D eigenvalue weighted by Gasteiger charge is 2.25. The van der Waals surface area contributed by atoms with E-state index in [-0.39, 0.29) is 6.04 Å². The van der Waals surface area contributed by atoms with Crippen LogP contribution in [-0.4, -0.2) is 37.0 Å². The summed E-state index contributed by atoms with van der Waals surface area (Å²) >= 11 is 0. The van der Waals surface area contributed by atoms with E-state index < -0.39 is 0 Å². The van der Waals surface area contributed by atoms with Crippen LogP contribution in [0, 0.1) is 5.92 Å². The number of hydrogen-bond donors (Lipinski definition) is 2. The topological polar surface area (TPSA) is 66.8 Å². The maximum atomic E-state index is 5.91. The van der Waals surface area contributed by atoms with Crippen molar-refractivity contribution in [2.75, 3.05) is 26.2 Å². The summed E-state index contributed by atoms with van der Waals surface area (Å²) in [5.74, 6) is 2.04. The first-order valence-electron chi connectivity index (χ1n) is 7.48. The molecule has 20 heavy (non-hydrogen) atoms. The third-order valence-electron chi connectivity index (χ3n) is 3.56. The molecule has 0 saturated carbocycles. The summed E-state index contributed by atoms with van der Waals surface area (Å²) < 4.78 is 5.58. The Morgan fingerprint density at radius 2 is 2.20 bits per heavy atom. The van der Waals surface area contributed by atoms with Crippen LogP contribution in [0.1, 0.15) is 38.5 Å². The number of aliphatic imine (C=N–C) groups is 1. The Labute approximate surface area is 121 Å². The molecule has 0 radical (unpaired) electrons. The fraction of sp³-hybridized carbons (Fsp3) is 0.667. The number of rotatable bonds is 6. The van der Waals surface area contributed by atoms with Gasteiger partial charge in [0.1, 0.15) is 5.76 Å². The van der Waals surface area contributed by atoms with Crippen LogP contribution in [-0.2, 0) is 0 Å². The molecule has 3 N–H and O–H groups in total. The monoisotopic (exact) mass is 278 g/mol. The van der Waals surface area contributed by atoms with E-state index in [0.29, 0.717) is 11.9 Å². The predicted octanol–water partition coefficient (Wildman–Crippen LogP) is 1.98. The molecule has 0 aromatic carbocycles. The van der Waals surface area contributed by atoms with E-state index >= 15 is 0 Å². The number of nitrogens with two attached hydrogens (primary N) is 1. The Balaban J connectivity index is 1.93. The molecule has 112 valence electrons. The van der Waals surface area contributed by atoms with Gasteiger partial charge in [-0.15, -0.1) is 0 Å². The summed E-state index contributed by atoms with van der Waals surface area (Å²) in [6.07, 6.45) is 4.25. The molecule has 1 saturated heterocycles. The normalized spacial score (nSPS) is 18.6. The second-order valence-electron chi connectivity index (χ2n) is 5.77.